The topological polar surface area (TPSA) is 59.3 Å². The fraction of sp³-hybridized carbons (Fsp3) is 0.167. The summed E-state index contributed by atoms with van der Waals surface area (Å²) < 4.78 is 10.2. The van der Waals surface area contributed by atoms with Crippen molar-refractivity contribution in [3.05, 3.63) is 29.3 Å². The maximum absolute atomic E-state index is 10.8. The van der Waals surface area contributed by atoms with Gasteiger partial charge in [0.2, 0.25) is 0 Å². The first-order valence-corrected chi connectivity index (χ1v) is 4.54. The van der Waals surface area contributed by atoms with Gasteiger partial charge >= 0.3 is 0 Å². The van der Waals surface area contributed by atoms with Gasteiger partial charge in [0.15, 0.2) is 6.29 Å². The number of nitrogens with zero attached hydrogens (tertiary/aromatic N) is 1. The third-order valence-corrected chi connectivity index (χ3v) is 2.05. The lowest BCUT2D eigenvalue weighted by molar-refractivity contribution is 0.112. The standard InChI is InChI=1S/C12H11NO3/c1-15-11-7-10(8-14)12(16-2)6-9(11)4-3-5-13/h3-4,6-8H,1-2H3. The first-order chi connectivity index (χ1) is 7.76. The summed E-state index contributed by atoms with van der Waals surface area (Å²) in [6, 6.07) is 5.11. The highest BCUT2D eigenvalue weighted by Gasteiger charge is 2.08. The van der Waals surface area contributed by atoms with Gasteiger partial charge in [-0.25, -0.2) is 0 Å². The van der Waals surface area contributed by atoms with Crippen LogP contribution < -0.4 is 9.47 Å². The Morgan fingerprint density at radius 1 is 1.19 bits per heavy atom. The summed E-state index contributed by atoms with van der Waals surface area (Å²) >= 11 is 0. The molecule has 0 amide bonds. The van der Waals surface area contributed by atoms with E-state index in [1.807, 2.05) is 6.07 Å². The molecule has 0 aliphatic carbocycles. The molecule has 0 saturated carbocycles. The second-order valence-corrected chi connectivity index (χ2v) is 2.92. The number of carbonyl (C=O) groups is 1. The molecule has 1 rings (SSSR count). The molecule has 1 aromatic rings. The summed E-state index contributed by atoms with van der Waals surface area (Å²) in [7, 11) is 2.98. The Bertz CT molecular complexity index is 458. The molecular formula is C12H11NO3. The molecule has 0 saturated heterocycles. The van der Waals surface area contributed by atoms with Gasteiger partial charge in [-0.1, -0.05) is 0 Å². The Kier molecular flexibility index (Phi) is 4.10. The Hall–Kier alpha value is -2.28. The second-order valence-electron chi connectivity index (χ2n) is 2.92. The number of allylic oxidation sites excluding steroid dienone is 1. The molecule has 0 aliphatic rings. The molecule has 0 radical (unpaired) electrons. The highest BCUT2D eigenvalue weighted by Crippen LogP contribution is 2.28. The Morgan fingerprint density at radius 3 is 2.25 bits per heavy atom. The van der Waals surface area contributed by atoms with E-state index in [1.54, 1.807) is 18.2 Å². The van der Waals surface area contributed by atoms with Crippen molar-refractivity contribution in [2.45, 2.75) is 0 Å². The number of nitriles is 1. The van der Waals surface area contributed by atoms with E-state index in [1.165, 1.54) is 20.3 Å². The van der Waals surface area contributed by atoms with Crippen LogP contribution in [0.15, 0.2) is 18.2 Å². The summed E-state index contributed by atoms with van der Waals surface area (Å²) in [6.45, 7) is 0. The molecule has 0 spiro atoms. The van der Waals surface area contributed by atoms with E-state index in [0.29, 0.717) is 28.9 Å². The molecule has 4 nitrogen and oxygen atoms in total. The number of carbonyl (C=O) groups excluding carboxylic acids is 1. The molecule has 0 atom stereocenters. The van der Waals surface area contributed by atoms with Crippen LogP contribution in [0.3, 0.4) is 0 Å². The van der Waals surface area contributed by atoms with Gasteiger partial charge in [0.05, 0.1) is 25.9 Å². The van der Waals surface area contributed by atoms with Crippen molar-refractivity contribution in [2.24, 2.45) is 0 Å². The number of methoxy groups -OCH3 is 2. The van der Waals surface area contributed by atoms with Crippen LogP contribution in [0.2, 0.25) is 0 Å². The summed E-state index contributed by atoms with van der Waals surface area (Å²) in [6.07, 6.45) is 3.62. The van der Waals surface area contributed by atoms with E-state index in [0.717, 1.165) is 0 Å². The highest BCUT2D eigenvalue weighted by atomic mass is 16.5. The Labute approximate surface area is 93.7 Å². The zero-order valence-corrected chi connectivity index (χ0v) is 9.06. The molecule has 0 heterocycles. The van der Waals surface area contributed by atoms with Gasteiger partial charge in [-0.3, -0.25) is 4.79 Å². The average Bonchev–Trinajstić information content (AvgIpc) is 2.35. The number of rotatable bonds is 4. The Balaban J connectivity index is 3.32. The van der Waals surface area contributed by atoms with E-state index in [-0.39, 0.29) is 0 Å². The second kappa shape index (κ2) is 5.56. The zero-order chi connectivity index (χ0) is 12.0. The van der Waals surface area contributed by atoms with E-state index >= 15 is 0 Å². The number of aldehydes is 1. The summed E-state index contributed by atoms with van der Waals surface area (Å²) in [5.74, 6) is 0.975. The van der Waals surface area contributed by atoms with Crippen LogP contribution >= 0.6 is 0 Å². The molecule has 0 aliphatic heterocycles. The van der Waals surface area contributed by atoms with Gasteiger partial charge in [-0.15, -0.1) is 0 Å². The smallest absolute Gasteiger partial charge is 0.153 e. The lowest BCUT2D eigenvalue weighted by Crippen LogP contribution is -1.95. The van der Waals surface area contributed by atoms with Gasteiger partial charge in [-0.2, -0.15) is 5.26 Å². The molecule has 0 bridgehead atoms. The molecular weight excluding hydrogens is 206 g/mol. The van der Waals surface area contributed by atoms with Gasteiger partial charge in [0.1, 0.15) is 11.5 Å². The fourth-order valence-electron chi connectivity index (χ4n) is 1.29. The molecule has 0 fully saturated rings. The molecule has 0 N–H and O–H groups in total. The molecule has 82 valence electrons. The minimum atomic E-state index is 0.411. The van der Waals surface area contributed by atoms with Crippen molar-refractivity contribution in [2.75, 3.05) is 14.2 Å². The van der Waals surface area contributed by atoms with E-state index in [2.05, 4.69) is 0 Å². The van der Waals surface area contributed by atoms with Gasteiger partial charge in [0, 0.05) is 11.6 Å². The van der Waals surface area contributed by atoms with Crippen LogP contribution in [0.25, 0.3) is 6.08 Å². The minimum absolute atomic E-state index is 0.411. The number of hydrogen-bond acceptors (Lipinski definition) is 4. The maximum atomic E-state index is 10.8. The fourth-order valence-corrected chi connectivity index (χ4v) is 1.29. The van der Waals surface area contributed by atoms with Crippen molar-refractivity contribution >= 4 is 12.4 Å². The number of ether oxygens (including phenoxy) is 2. The summed E-state index contributed by atoms with van der Waals surface area (Å²) in [5, 5.41) is 8.45. The molecule has 16 heavy (non-hydrogen) atoms. The predicted octanol–water partition coefficient (Wildman–Crippen LogP) is 2.05. The van der Waals surface area contributed by atoms with Crippen LogP contribution in [0.5, 0.6) is 11.5 Å². The van der Waals surface area contributed by atoms with Gasteiger partial charge in [-0.05, 0) is 18.2 Å². The molecule has 1 aromatic carbocycles. The van der Waals surface area contributed by atoms with Crippen LogP contribution in [-0.2, 0) is 0 Å². The van der Waals surface area contributed by atoms with E-state index in [9.17, 15) is 4.79 Å². The Morgan fingerprint density at radius 2 is 1.75 bits per heavy atom. The van der Waals surface area contributed by atoms with Crippen LogP contribution in [0.4, 0.5) is 0 Å². The first-order valence-electron chi connectivity index (χ1n) is 4.54. The monoisotopic (exact) mass is 217 g/mol. The van der Waals surface area contributed by atoms with Crippen LogP contribution in [0, 0.1) is 11.3 Å². The SMILES string of the molecule is COc1cc(C=CC#N)c(OC)cc1C=O. The van der Waals surface area contributed by atoms with Crippen LogP contribution in [0.1, 0.15) is 15.9 Å². The van der Waals surface area contributed by atoms with Crippen molar-refractivity contribution in [3.8, 4) is 17.6 Å². The van der Waals surface area contributed by atoms with Crippen molar-refractivity contribution < 1.29 is 14.3 Å². The lowest BCUT2D eigenvalue weighted by atomic mass is 10.1. The summed E-state index contributed by atoms with van der Waals surface area (Å²) in [4.78, 5) is 10.8. The summed E-state index contributed by atoms with van der Waals surface area (Å²) in [5.41, 5.74) is 1.10. The van der Waals surface area contributed by atoms with Crippen molar-refractivity contribution in [3.63, 3.8) is 0 Å². The molecule has 0 unspecified atom stereocenters. The van der Waals surface area contributed by atoms with Crippen LogP contribution in [-0.4, -0.2) is 20.5 Å². The number of benzene rings is 1. The predicted molar refractivity (Wildman–Crippen MR) is 59.6 cm³/mol. The third kappa shape index (κ3) is 2.39. The van der Waals surface area contributed by atoms with Gasteiger partial charge in [0.25, 0.3) is 0 Å². The zero-order valence-electron chi connectivity index (χ0n) is 9.06. The first kappa shape index (κ1) is 11.8. The molecule has 4 heteroatoms. The maximum Gasteiger partial charge on any atom is 0.153 e. The number of hydrogen-bond donors (Lipinski definition) is 0. The van der Waals surface area contributed by atoms with Crippen molar-refractivity contribution in [1.29, 1.82) is 5.26 Å². The highest BCUT2D eigenvalue weighted by molar-refractivity contribution is 5.82. The lowest BCUT2D eigenvalue weighted by Gasteiger charge is -2.09. The third-order valence-electron chi connectivity index (χ3n) is 2.05. The van der Waals surface area contributed by atoms with E-state index < -0.39 is 0 Å². The van der Waals surface area contributed by atoms with Gasteiger partial charge < -0.3 is 9.47 Å². The largest absolute Gasteiger partial charge is 0.496 e. The average molecular weight is 217 g/mol. The molecule has 0 aromatic heterocycles. The normalized spacial score (nSPS) is 9.81. The quantitative estimate of drug-likeness (QED) is 0.572. The van der Waals surface area contributed by atoms with E-state index in [4.69, 9.17) is 14.7 Å². The van der Waals surface area contributed by atoms with Crippen molar-refractivity contribution in [1.82, 2.24) is 0 Å². The minimum Gasteiger partial charge on any atom is -0.496 e.